The highest BCUT2D eigenvalue weighted by Gasteiger charge is 2.11. The van der Waals surface area contributed by atoms with Gasteiger partial charge in [-0.15, -0.1) is 0 Å². The Morgan fingerprint density at radius 3 is 2.73 bits per heavy atom. The molecule has 0 aromatic carbocycles. The molecular formula is C9H13N3O3. The minimum atomic E-state index is -1.04. The van der Waals surface area contributed by atoms with Crippen LogP contribution in [0, 0.1) is 6.92 Å². The third kappa shape index (κ3) is 2.63. The Kier molecular flexibility index (Phi) is 3.56. The van der Waals surface area contributed by atoms with Gasteiger partial charge in [0.15, 0.2) is 0 Å². The van der Waals surface area contributed by atoms with Crippen LogP contribution < -0.4 is 4.90 Å². The Morgan fingerprint density at radius 2 is 2.27 bits per heavy atom. The predicted octanol–water partition coefficient (Wildman–Crippen LogP) is -0.0883. The summed E-state index contributed by atoms with van der Waals surface area (Å²) in [6.07, 6.45) is 1.27. The fourth-order valence-corrected chi connectivity index (χ4v) is 1.10. The largest absolute Gasteiger partial charge is 0.478 e. The normalized spacial score (nSPS) is 10.1. The molecule has 1 heterocycles. The first-order valence-electron chi connectivity index (χ1n) is 4.45. The molecule has 1 rings (SSSR count). The van der Waals surface area contributed by atoms with Crippen LogP contribution in [0.5, 0.6) is 0 Å². The first-order chi connectivity index (χ1) is 7.06. The van der Waals surface area contributed by atoms with Crippen molar-refractivity contribution in [2.24, 2.45) is 0 Å². The number of likely N-dealkylation sites (N-methyl/N-ethyl adjacent to an activating group) is 1. The highest BCUT2D eigenvalue weighted by molar-refractivity contribution is 5.88. The number of aliphatic hydroxyl groups is 1. The lowest BCUT2D eigenvalue weighted by Gasteiger charge is -2.15. The molecule has 0 unspecified atom stereocenters. The molecule has 0 atom stereocenters. The van der Waals surface area contributed by atoms with Crippen molar-refractivity contribution in [1.82, 2.24) is 9.97 Å². The number of hydrogen-bond acceptors (Lipinski definition) is 5. The van der Waals surface area contributed by atoms with Crippen LogP contribution in [0.15, 0.2) is 6.20 Å². The first kappa shape index (κ1) is 11.4. The maximum atomic E-state index is 10.7. The number of hydrogen-bond donors (Lipinski definition) is 2. The molecule has 0 bridgehead atoms. The molecule has 15 heavy (non-hydrogen) atoms. The standard InChI is InChI=1S/C9H13N3O3/c1-6-7(8(14)15)5-10-9(11-6)12(2)3-4-13/h5,13H,3-4H2,1-2H3,(H,14,15). The van der Waals surface area contributed by atoms with Crippen LogP contribution >= 0.6 is 0 Å². The molecule has 82 valence electrons. The molecule has 0 spiro atoms. The molecule has 0 radical (unpaired) electrons. The smallest absolute Gasteiger partial charge is 0.339 e. The molecule has 6 heteroatoms. The minimum Gasteiger partial charge on any atom is -0.478 e. The molecule has 0 aliphatic rings. The maximum absolute atomic E-state index is 10.7. The van der Waals surface area contributed by atoms with Gasteiger partial charge in [0.05, 0.1) is 17.9 Å². The van der Waals surface area contributed by atoms with Gasteiger partial charge in [-0.3, -0.25) is 0 Å². The van der Waals surface area contributed by atoms with E-state index in [2.05, 4.69) is 9.97 Å². The van der Waals surface area contributed by atoms with E-state index in [1.54, 1.807) is 18.9 Å². The van der Waals surface area contributed by atoms with Crippen molar-refractivity contribution in [1.29, 1.82) is 0 Å². The number of rotatable bonds is 4. The first-order valence-corrected chi connectivity index (χ1v) is 4.45. The van der Waals surface area contributed by atoms with Crippen LogP contribution in [0.3, 0.4) is 0 Å². The van der Waals surface area contributed by atoms with Crippen molar-refractivity contribution in [3.8, 4) is 0 Å². The molecule has 6 nitrogen and oxygen atoms in total. The molecule has 1 aromatic rings. The molecular weight excluding hydrogens is 198 g/mol. The second-order valence-electron chi connectivity index (χ2n) is 3.12. The molecule has 0 aliphatic carbocycles. The number of carboxylic acid groups (broad SMARTS) is 1. The number of anilines is 1. The Bertz CT molecular complexity index is 368. The Hall–Kier alpha value is -1.69. The van der Waals surface area contributed by atoms with E-state index < -0.39 is 5.97 Å². The molecule has 0 fully saturated rings. The molecule has 0 saturated carbocycles. The van der Waals surface area contributed by atoms with E-state index in [4.69, 9.17) is 10.2 Å². The van der Waals surface area contributed by atoms with E-state index in [0.29, 0.717) is 18.2 Å². The minimum absolute atomic E-state index is 0.000407. The monoisotopic (exact) mass is 211 g/mol. The third-order valence-corrected chi connectivity index (χ3v) is 1.97. The quantitative estimate of drug-likeness (QED) is 0.724. The van der Waals surface area contributed by atoms with E-state index in [9.17, 15) is 4.79 Å². The number of aliphatic hydroxyl groups excluding tert-OH is 1. The van der Waals surface area contributed by atoms with Crippen molar-refractivity contribution in [2.45, 2.75) is 6.92 Å². The van der Waals surface area contributed by atoms with Gasteiger partial charge < -0.3 is 15.1 Å². The highest BCUT2D eigenvalue weighted by atomic mass is 16.4. The van der Waals surface area contributed by atoms with Gasteiger partial charge in [0.25, 0.3) is 0 Å². The summed E-state index contributed by atoms with van der Waals surface area (Å²) in [5.74, 6) is -0.629. The number of aromatic nitrogens is 2. The van der Waals surface area contributed by atoms with Gasteiger partial charge in [0.1, 0.15) is 0 Å². The van der Waals surface area contributed by atoms with Crippen LogP contribution in [0.4, 0.5) is 5.95 Å². The van der Waals surface area contributed by atoms with Crippen molar-refractivity contribution >= 4 is 11.9 Å². The third-order valence-electron chi connectivity index (χ3n) is 1.97. The van der Waals surface area contributed by atoms with Gasteiger partial charge in [0.2, 0.25) is 5.95 Å². The lowest BCUT2D eigenvalue weighted by Crippen LogP contribution is -2.24. The Labute approximate surface area is 87.2 Å². The van der Waals surface area contributed by atoms with Gasteiger partial charge >= 0.3 is 5.97 Å². The summed E-state index contributed by atoms with van der Waals surface area (Å²) in [6.45, 7) is 2.02. The van der Waals surface area contributed by atoms with Gasteiger partial charge in [-0.2, -0.15) is 0 Å². The zero-order valence-electron chi connectivity index (χ0n) is 8.64. The topological polar surface area (TPSA) is 86.5 Å². The number of nitrogens with zero attached hydrogens (tertiary/aromatic N) is 3. The van der Waals surface area contributed by atoms with Crippen LogP contribution in [-0.2, 0) is 0 Å². The molecule has 0 aliphatic heterocycles. The summed E-state index contributed by atoms with van der Waals surface area (Å²) in [4.78, 5) is 20.3. The van der Waals surface area contributed by atoms with Crippen molar-refractivity contribution in [3.05, 3.63) is 17.5 Å². The molecule has 0 amide bonds. The van der Waals surface area contributed by atoms with E-state index in [0.717, 1.165) is 0 Å². The number of aromatic carboxylic acids is 1. The Balaban J connectivity index is 2.96. The van der Waals surface area contributed by atoms with E-state index in [1.165, 1.54) is 6.20 Å². The molecule has 1 aromatic heterocycles. The maximum Gasteiger partial charge on any atom is 0.339 e. The zero-order chi connectivity index (χ0) is 11.4. The number of carbonyl (C=O) groups is 1. The highest BCUT2D eigenvalue weighted by Crippen LogP contribution is 2.09. The molecule has 2 N–H and O–H groups in total. The number of aryl methyl sites for hydroxylation is 1. The van der Waals surface area contributed by atoms with E-state index in [-0.39, 0.29) is 12.2 Å². The Morgan fingerprint density at radius 1 is 1.60 bits per heavy atom. The summed E-state index contributed by atoms with van der Waals surface area (Å²) < 4.78 is 0. The summed E-state index contributed by atoms with van der Waals surface area (Å²) >= 11 is 0. The lowest BCUT2D eigenvalue weighted by atomic mass is 10.2. The van der Waals surface area contributed by atoms with Crippen molar-refractivity contribution < 1.29 is 15.0 Å². The van der Waals surface area contributed by atoms with Crippen LogP contribution in [-0.4, -0.2) is 46.3 Å². The predicted molar refractivity (Wildman–Crippen MR) is 54.1 cm³/mol. The fourth-order valence-electron chi connectivity index (χ4n) is 1.10. The van der Waals surface area contributed by atoms with Crippen molar-refractivity contribution in [2.75, 3.05) is 25.1 Å². The van der Waals surface area contributed by atoms with Gasteiger partial charge in [0, 0.05) is 19.8 Å². The van der Waals surface area contributed by atoms with Crippen LogP contribution in [0.25, 0.3) is 0 Å². The second-order valence-corrected chi connectivity index (χ2v) is 3.12. The lowest BCUT2D eigenvalue weighted by molar-refractivity contribution is 0.0695. The SMILES string of the molecule is Cc1nc(N(C)CCO)ncc1C(=O)O. The summed E-state index contributed by atoms with van der Waals surface area (Å²) in [5, 5.41) is 17.5. The van der Waals surface area contributed by atoms with E-state index in [1.807, 2.05) is 0 Å². The second kappa shape index (κ2) is 4.70. The van der Waals surface area contributed by atoms with E-state index >= 15 is 0 Å². The summed E-state index contributed by atoms with van der Waals surface area (Å²) in [7, 11) is 1.73. The average Bonchev–Trinajstić information content (AvgIpc) is 2.17. The van der Waals surface area contributed by atoms with Crippen LogP contribution in [0.1, 0.15) is 16.1 Å². The van der Waals surface area contributed by atoms with Crippen LogP contribution in [0.2, 0.25) is 0 Å². The average molecular weight is 211 g/mol. The summed E-state index contributed by atoms with van der Waals surface area (Å²) in [5.41, 5.74) is 0.508. The summed E-state index contributed by atoms with van der Waals surface area (Å²) in [6, 6.07) is 0. The molecule has 0 saturated heterocycles. The fraction of sp³-hybridized carbons (Fsp3) is 0.444. The zero-order valence-corrected chi connectivity index (χ0v) is 8.64. The van der Waals surface area contributed by atoms with Crippen molar-refractivity contribution in [3.63, 3.8) is 0 Å². The van der Waals surface area contributed by atoms with Gasteiger partial charge in [-0.1, -0.05) is 0 Å². The van der Waals surface area contributed by atoms with Gasteiger partial charge in [-0.05, 0) is 6.92 Å². The van der Waals surface area contributed by atoms with Gasteiger partial charge in [-0.25, -0.2) is 14.8 Å². The number of carboxylic acids is 1.